The van der Waals surface area contributed by atoms with Gasteiger partial charge in [-0.05, 0) is 37.8 Å². The van der Waals surface area contributed by atoms with E-state index in [1.54, 1.807) is 19.1 Å². The number of rotatable bonds is 6. The van der Waals surface area contributed by atoms with E-state index in [0.717, 1.165) is 13.1 Å². The van der Waals surface area contributed by atoms with E-state index in [2.05, 4.69) is 10.2 Å². The number of carbonyl (C=O) groups is 1. The first-order chi connectivity index (χ1) is 12.1. The van der Waals surface area contributed by atoms with Crippen LogP contribution in [0, 0.1) is 11.7 Å². The average molecular weight is 350 g/mol. The molecule has 25 heavy (non-hydrogen) atoms. The SMILES string of the molecule is COc1cccc(F)c1[C@H](C)NC(=O)[C@@H]1COCCN1CC1CCC1. The monoisotopic (exact) mass is 350 g/mol. The maximum Gasteiger partial charge on any atom is 0.240 e. The van der Waals surface area contributed by atoms with Crippen molar-refractivity contribution in [1.82, 2.24) is 10.2 Å². The fraction of sp³-hybridized carbons (Fsp3) is 0.632. The molecule has 2 atom stereocenters. The number of nitrogens with one attached hydrogen (secondary N) is 1. The van der Waals surface area contributed by atoms with Crippen LogP contribution in [0.3, 0.4) is 0 Å². The summed E-state index contributed by atoms with van der Waals surface area (Å²) in [5.41, 5.74) is 0.376. The third-order valence-electron chi connectivity index (χ3n) is 5.28. The van der Waals surface area contributed by atoms with Crippen molar-refractivity contribution in [3.05, 3.63) is 29.6 Å². The Morgan fingerprint density at radius 2 is 2.28 bits per heavy atom. The van der Waals surface area contributed by atoms with E-state index < -0.39 is 6.04 Å². The summed E-state index contributed by atoms with van der Waals surface area (Å²) in [6.45, 7) is 4.54. The van der Waals surface area contributed by atoms with Gasteiger partial charge in [-0.3, -0.25) is 9.69 Å². The van der Waals surface area contributed by atoms with Crippen LogP contribution in [0.4, 0.5) is 4.39 Å². The Kier molecular flexibility index (Phi) is 5.91. The quantitative estimate of drug-likeness (QED) is 0.857. The minimum Gasteiger partial charge on any atom is -0.496 e. The standard InChI is InChI=1S/C19H27FN2O3/c1-13(18-15(20)7-4-8-17(18)24-2)21-19(23)16-12-25-10-9-22(16)11-14-5-3-6-14/h4,7-8,13-14,16H,3,5-6,9-12H2,1-2H3,(H,21,23)/t13-,16-/m0/s1. The Morgan fingerprint density at radius 1 is 1.48 bits per heavy atom. The van der Waals surface area contributed by atoms with Gasteiger partial charge in [0.2, 0.25) is 5.91 Å². The highest BCUT2D eigenvalue weighted by molar-refractivity contribution is 5.82. The Bertz CT molecular complexity index is 606. The molecule has 1 amide bonds. The summed E-state index contributed by atoms with van der Waals surface area (Å²) in [5.74, 6) is 0.645. The molecule has 0 unspecified atom stereocenters. The van der Waals surface area contributed by atoms with Crippen LogP contribution < -0.4 is 10.1 Å². The van der Waals surface area contributed by atoms with Crippen molar-refractivity contribution in [2.24, 2.45) is 5.92 Å². The summed E-state index contributed by atoms with van der Waals surface area (Å²) in [7, 11) is 1.50. The second kappa shape index (κ2) is 8.15. The van der Waals surface area contributed by atoms with Crippen molar-refractivity contribution >= 4 is 5.91 Å². The molecule has 1 saturated heterocycles. The van der Waals surface area contributed by atoms with Crippen molar-refractivity contribution in [3.63, 3.8) is 0 Å². The zero-order chi connectivity index (χ0) is 17.8. The van der Waals surface area contributed by atoms with Crippen LogP contribution in [0.15, 0.2) is 18.2 Å². The Labute approximate surface area is 148 Å². The Hall–Kier alpha value is -1.66. The third-order valence-corrected chi connectivity index (χ3v) is 5.28. The lowest BCUT2D eigenvalue weighted by Gasteiger charge is -2.39. The van der Waals surface area contributed by atoms with Crippen LogP contribution in [0.25, 0.3) is 0 Å². The molecule has 5 nitrogen and oxygen atoms in total. The van der Waals surface area contributed by atoms with Crippen molar-refractivity contribution in [2.45, 2.75) is 38.3 Å². The first kappa shape index (κ1) is 18.1. The van der Waals surface area contributed by atoms with Crippen LogP contribution in [0.1, 0.15) is 37.8 Å². The average Bonchev–Trinajstić information content (AvgIpc) is 2.57. The zero-order valence-electron chi connectivity index (χ0n) is 15.0. The van der Waals surface area contributed by atoms with Gasteiger partial charge in [0, 0.05) is 13.1 Å². The first-order valence-corrected chi connectivity index (χ1v) is 9.04. The molecular weight excluding hydrogens is 323 g/mol. The Balaban J connectivity index is 1.67. The summed E-state index contributed by atoms with van der Waals surface area (Å²) in [5, 5.41) is 2.94. The number of amides is 1. The van der Waals surface area contributed by atoms with Crippen molar-refractivity contribution < 1.29 is 18.7 Å². The summed E-state index contributed by atoms with van der Waals surface area (Å²) in [6, 6.07) is 3.90. The van der Waals surface area contributed by atoms with E-state index in [-0.39, 0.29) is 17.8 Å². The largest absolute Gasteiger partial charge is 0.496 e. The van der Waals surface area contributed by atoms with Gasteiger partial charge in [0.25, 0.3) is 0 Å². The molecule has 0 aromatic heterocycles. The predicted molar refractivity (Wildman–Crippen MR) is 93.0 cm³/mol. The van der Waals surface area contributed by atoms with Crippen molar-refractivity contribution in [1.29, 1.82) is 0 Å². The molecule has 6 heteroatoms. The molecule has 0 spiro atoms. The van der Waals surface area contributed by atoms with Gasteiger partial charge < -0.3 is 14.8 Å². The maximum atomic E-state index is 14.2. The number of hydrogen-bond donors (Lipinski definition) is 1. The minimum atomic E-state index is -0.476. The second-order valence-corrected chi connectivity index (χ2v) is 6.97. The molecule has 3 rings (SSSR count). The number of ether oxygens (including phenoxy) is 2. The Morgan fingerprint density at radius 3 is 2.96 bits per heavy atom. The smallest absolute Gasteiger partial charge is 0.240 e. The summed E-state index contributed by atoms with van der Waals surface area (Å²) in [4.78, 5) is 15.0. The summed E-state index contributed by atoms with van der Waals surface area (Å²) >= 11 is 0. The molecule has 2 fully saturated rings. The molecule has 0 bridgehead atoms. The van der Waals surface area contributed by atoms with E-state index in [1.807, 2.05) is 0 Å². The third kappa shape index (κ3) is 4.12. The van der Waals surface area contributed by atoms with E-state index in [0.29, 0.717) is 30.4 Å². The van der Waals surface area contributed by atoms with Gasteiger partial charge in [0.15, 0.2) is 0 Å². The summed E-state index contributed by atoms with van der Waals surface area (Å²) in [6.07, 6.45) is 3.78. The van der Waals surface area contributed by atoms with Gasteiger partial charge in [0.1, 0.15) is 17.6 Å². The molecule has 1 N–H and O–H groups in total. The van der Waals surface area contributed by atoms with Crippen LogP contribution >= 0.6 is 0 Å². The van der Waals surface area contributed by atoms with E-state index in [9.17, 15) is 9.18 Å². The number of nitrogens with zero attached hydrogens (tertiary/aromatic N) is 1. The summed E-state index contributed by atoms with van der Waals surface area (Å²) < 4.78 is 25.0. The van der Waals surface area contributed by atoms with Gasteiger partial charge in [0.05, 0.1) is 31.9 Å². The van der Waals surface area contributed by atoms with Crippen LogP contribution in [0.5, 0.6) is 5.75 Å². The molecule has 1 aromatic rings. The molecule has 1 saturated carbocycles. The predicted octanol–water partition coefficient (Wildman–Crippen LogP) is 2.51. The number of benzene rings is 1. The molecule has 1 aliphatic heterocycles. The highest BCUT2D eigenvalue weighted by Crippen LogP contribution is 2.29. The lowest BCUT2D eigenvalue weighted by molar-refractivity contribution is -0.134. The zero-order valence-corrected chi connectivity index (χ0v) is 15.0. The van der Waals surface area contributed by atoms with Gasteiger partial charge in [-0.2, -0.15) is 0 Å². The van der Waals surface area contributed by atoms with Gasteiger partial charge >= 0.3 is 0 Å². The number of halogens is 1. The van der Waals surface area contributed by atoms with Gasteiger partial charge in [-0.1, -0.05) is 12.5 Å². The minimum absolute atomic E-state index is 0.114. The molecule has 138 valence electrons. The fourth-order valence-corrected chi connectivity index (χ4v) is 3.60. The molecule has 1 heterocycles. The highest BCUT2D eigenvalue weighted by atomic mass is 19.1. The maximum absolute atomic E-state index is 14.2. The molecule has 1 aliphatic carbocycles. The highest BCUT2D eigenvalue weighted by Gasteiger charge is 2.33. The topological polar surface area (TPSA) is 50.8 Å². The van der Waals surface area contributed by atoms with Crippen LogP contribution in [-0.4, -0.2) is 50.3 Å². The normalized spacial score (nSPS) is 22.9. The number of carbonyl (C=O) groups excluding carboxylic acids is 1. The van der Waals surface area contributed by atoms with Crippen molar-refractivity contribution in [3.8, 4) is 5.75 Å². The van der Waals surface area contributed by atoms with E-state index in [4.69, 9.17) is 9.47 Å². The number of methoxy groups -OCH3 is 1. The number of hydrogen-bond acceptors (Lipinski definition) is 4. The van der Waals surface area contributed by atoms with E-state index in [1.165, 1.54) is 32.4 Å². The lowest BCUT2D eigenvalue weighted by Crippen LogP contribution is -2.55. The van der Waals surface area contributed by atoms with Crippen LogP contribution in [0.2, 0.25) is 0 Å². The number of morpholine rings is 1. The van der Waals surface area contributed by atoms with Crippen molar-refractivity contribution in [2.75, 3.05) is 33.4 Å². The van der Waals surface area contributed by atoms with Crippen LogP contribution in [-0.2, 0) is 9.53 Å². The van der Waals surface area contributed by atoms with Gasteiger partial charge in [-0.15, -0.1) is 0 Å². The van der Waals surface area contributed by atoms with E-state index >= 15 is 0 Å². The second-order valence-electron chi connectivity index (χ2n) is 6.97. The molecule has 2 aliphatic rings. The molecule has 0 radical (unpaired) electrons. The molecular formula is C19H27FN2O3. The molecule has 1 aromatic carbocycles. The van der Waals surface area contributed by atoms with Gasteiger partial charge in [-0.25, -0.2) is 4.39 Å². The lowest BCUT2D eigenvalue weighted by atomic mass is 9.84. The fourth-order valence-electron chi connectivity index (χ4n) is 3.60. The first-order valence-electron chi connectivity index (χ1n) is 9.04.